The van der Waals surface area contributed by atoms with Crippen molar-refractivity contribution in [1.29, 1.82) is 0 Å². The average molecular weight is 199 g/mol. The van der Waals surface area contributed by atoms with Gasteiger partial charge in [0.05, 0.1) is 5.56 Å². The number of carbonyl (C=O) groups is 1. The molecule has 0 radical (unpaired) electrons. The van der Waals surface area contributed by atoms with E-state index in [4.69, 9.17) is 10.8 Å². The van der Waals surface area contributed by atoms with E-state index in [1.807, 2.05) is 19.2 Å². The molecule has 1 rings (SSSR count). The molecule has 3 nitrogen and oxygen atoms in total. The Labute approximate surface area is 81.2 Å². The van der Waals surface area contributed by atoms with Crippen molar-refractivity contribution in [2.45, 2.75) is 19.9 Å². The number of hydrogen-bond acceptors (Lipinski definition) is 3. The van der Waals surface area contributed by atoms with Crippen molar-refractivity contribution in [1.82, 2.24) is 0 Å². The Morgan fingerprint density at radius 2 is 2.15 bits per heavy atom. The number of thiophene rings is 1. The van der Waals surface area contributed by atoms with Gasteiger partial charge in [-0.3, -0.25) is 0 Å². The molecule has 0 aliphatic rings. The number of hydrogen-bond donors (Lipinski definition) is 2. The van der Waals surface area contributed by atoms with Gasteiger partial charge < -0.3 is 10.8 Å². The van der Waals surface area contributed by atoms with E-state index in [1.54, 1.807) is 5.38 Å². The lowest BCUT2D eigenvalue weighted by Gasteiger charge is -2.14. The van der Waals surface area contributed by atoms with Crippen molar-refractivity contribution in [3.8, 4) is 0 Å². The molecule has 1 heterocycles. The van der Waals surface area contributed by atoms with Crippen LogP contribution in [-0.4, -0.2) is 11.1 Å². The molecule has 0 bridgehead atoms. The molecule has 0 aromatic carbocycles. The first-order valence-corrected chi connectivity index (χ1v) is 5.03. The van der Waals surface area contributed by atoms with Gasteiger partial charge in [0.15, 0.2) is 0 Å². The quantitative estimate of drug-likeness (QED) is 0.783. The van der Waals surface area contributed by atoms with Crippen LogP contribution in [0.2, 0.25) is 0 Å². The van der Waals surface area contributed by atoms with Gasteiger partial charge in [0.1, 0.15) is 0 Å². The number of carboxylic acids is 1. The van der Waals surface area contributed by atoms with Gasteiger partial charge in [-0.05, 0) is 16.9 Å². The van der Waals surface area contributed by atoms with Gasteiger partial charge in [-0.15, -0.1) is 0 Å². The van der Waals surface area contributed by atoms with Crippen LogP contribution in [0.5, 0.6) is 0 Å². The van der Waals surface area contributed by atoms with Gasteiger partial charge in [0.25, 0.3) is 0 Å². The molecule has 0 aliphatic heterocycles. The molecule has 1 aromatic rings. The van der Waals surface area contributed by atoms with Crippen LogP contribution >= 0.6 is 11.3 Å². The summed E-state index contributed by atoms with van der Waals surface area (Å²) in [6.07, 6.45) is 0. The topological polar surface area (TPSA) is 63.3 Å². The van der Waals surface area contributed by atoms with E-state index in [-0.39, 0.29) is 12.0 Å². The average Bonchev–Trinajstić information content (AvgIpc) is 2.50. The van der Waals surface area contributed by atoms with E-state index in [0.717, 1.165) is 5.56 Å². The maximum absolute atomic E-state index is 10.8. The zero-order chi connectivity index (χ0) is 10.0. The smallest absolute Gasteiger partial charge is 0.336 e. The summed E-state index contributed by atoms with van der Waals surface area (Å²) in [6.45, 7) is 3.96. The van der Waals surface area contributed by atoms with Crippen molar-refractivity contribution in [2.75, 3.05) is 0 Å². The van der Waals surface area contributed by atoms with Crippen LogP contribution in [0.25, 0.3) is 0 Å². The fourth-order valence-corrected chi connectivity index (χ4v) is 1.97. The Kier molecular flexibility index (Phi) is 3.06. The van der Waals surface area contributed by atoms with E-state index < -0.39 is 5.97 Å². The van der Waals surface area contributed by atoms with Crippen molar-refractivity contribution >= 4 is 17.3 Å². The van der Waals surface area contributed by atoms with Gasteiger partial charge in [-0.25, -0.2) is 4.79 Å². The second-order valence-electron chi connectivity index (χ2n) is 3.32. The van der Waals surface area contributed by atoms with Gasteiger partial charge in [-0.2, -0.15) is 11.3 Å². The Hall–Kier alpha value is -0.870. The van der Waals surface area contributed by atoms with Crippen LogP contribution < -0.4 is 5.73 Å². The molecule has 0 unspecified atom stereocenters. The third-order valence-electron chi connectivity index (χ3n) is 2.00. The lowest BCUT2D eigenvalue weighted by molar-refractivity contribution is 0.0695. The molecule has 4 heteroatoms. The van der Waals surface area contributed by atoms with Crippen LogP contribution in [0, 0.1) is 5.92 Å². The highest BCUT2D eigenvalue weighted by Crippen LogP contribution is 2.25. The van der Waals surface area contributed by atoms with E-state index in [9.17, 15) is 4.79 Å². The highest BCUT2D eigenvalue weighted by molar-refractivity contribution is 7.08. The predicted molar refractivity (Wildman–Crippen MR) is 53.0 cm³/mol. The summed E-state index contributed by atoms with van der Waals surface area (Å²) in [4.78, 5) is 10.8. The molecule has 0 saturated carbocycles. The van der Waals surface area contributed by atoms with Crippen molar-refractivity contribution in [2.24, 2.45) is 11.7 Å². The minimum atomic E-state index is -0.896. The maximum atomic E-state index is 10.8. The third kappa shape index (κ3) is 2.08. The van der Waals surface area contributed by atoms with Crippen LogP contribution in [0.3, 0.4) is 0 Å². The van der Waals surface area contributed by atoms with Crippen molar-refractivity contribution in [3.05, 3.63) is 21.9 Å². The number of aromatic carboxylic acids is 1. The van der Waals surface area contributed by atoms with E-state index in [2.05, 4.69) is 0 Å². The molecule has 0 fully saturated rings. The second-order valence-corrected chi connectivity index (χ2v) is 4.06. The zero-order valence-corrected chi connectivity index (χ0v) is 8.47. The first-order chi connectivity index (χ1) is 6.04. The molecule has 13 heavy (non-hydrogen) atoms. The molecular formula is C9H13NO2S. The normalized spacial score (nSPS) is 13.2. The Morgan fingerprint density at radius 3 is 2.62 bits per heavy atom. The van der Waals surface area contributed by atoms with Crippen LogP contribution in [0.1, 0.15) is 35.8 Å². The standard InChI is InChI=1S/C9H13NO2S/c1-5(2)8(10)6-3-13-4-7(6)9(11)12/h3-5,8H,10H2,1-2H3,(H,11,12)/t8-/m0/s1. The fourth-order valence-electron chi connectivity index (χ4n) is 1.10. The van der Waals surface area contributed by atoms with E-state index >= 15 is 0 Å². The number of nitrogens with two attached hydrogens (primary N) is 1. The summed E-state index contributed by atoms with van der Waals surface area (Å²) >= 11 is 1.38. The van der Waals surface area contributed by atoms with Crippen LogP contribution in [-0.2, 0) is 0 Å². The molecule has 3 N–H and O–H groups in total. The minimum absolute atomic E-state index is 0.183. The third-order valence-corrected chi connectivity index (χ3v) is 2.76. The maximum Gasteiger partial charge on any atom is 0.336 e. The van der Waals surface area contributed by atoms with E-state index in [0.29, 0.717) is 5.56 Å². The zero-order valence-electron chi connectivity index (χ0n) is 7.65. The van der Waals surface area contributed by atoms with Crippen molar-refractivity contribution in [3.63, 3.8) is 0 Å². The lowest BCUT2D eigenvalue weighted by Crippen LogP contribution is -2.18. The molecule has 0 amide bonds. The van der Waals surface area contributed by atoms with Gasteiger partial charge in [-0.1, -0.05) is 13.8 Å². The molecule has 1 atom stereocenters. The second kappa shape index (κ2) is 3.89. The Morgan fingerprint density at radius 1 is 1.54 bits per heavy atom. The van der Waals surface area contributed by atoms with Gasteiger partial charge in [0.2, 0.25) is 0 Å². The Bertz CT molecular complexity index is 306. The Balaban J connectivity index is 3.00. The predicted octanol–water partition coefficient (Wildman–Crippen LogP) is 2.10. The monoisotopic (exact) mass is 199 g/mol. The summed E-state index contributed by atoms with van der Waals surface area (Å²) in [7, 11) is 0. The fraction of sp³-hybridized carbons (Fsp3) is 0.444. The summed E-state index contributed by atoms with van der Waals surface area (Å²) in [5, 5.41) is 12.3. The van der Waals surface area contributed by atoms with Gasteiger partial charge in [0, 0.05) is 11.4 Å². The highest BCUT2D eigenvalue weighted by Gasteiger charge is 2.18. The molecule has 0 saturated heterocycles. The molecular weight excluding hydrogens is 186 g/mol. The lowest BCUT2D eigenvalue weighted by atomic mass is 9.96. The number of rotatable bonds is 3. The summed E-state index contributed by atoms with van der Waals surface area (Å²) in [5.41, 5.74) is 6.95. The summed E-state index contributed by atoms with van der Waals surface area (Å²) < 4.78 is 0. The SMILES string of the molecule is CC(C)[C@H](N)c1cscc1C(=O)O. The van der Waals surface area contributed by atoms with E-state index in [1.165, 1.54) is 11.3 Å². The molecule has 0 aliphatic carbocycles. The first-order valence-electron chi connectivity index (χ1n) is 4.09. The molecule has 72 valence electrons. The minimum Gasteiger partial charge on any atom is -0.478 e. The summed E-state index contributed by atoms with van der Waals surface area (Å²) in [5.74, 6) is -0.639. The highest BCUT2D eigenvalue weighted by atomic mass is 32.1. The van der Waals surface area contributed by atoms with Crippen LogP contribution in [0.15, 0.2) is 10.8 Å². The largest absolute Gasteiger partial charge is 0.478 e. The van der Waals surface area contributed by atoms with Crippen molar-refractivity contribution < 1.29 is 9.90 Å². The summed E-state index contributed by atoms with van der Waals surface area (Å²) in [6, 6.07) is -0.183. The molecule has 1 aromatic heterocycles. The van der Waals surface area contributed by atoms with Crippen LogP contribution in [0.4, 0.5) is 0 Å². The number of carboxylic acid groups (broad SMARTS) is 1. The van der Waals surface area contributed by atoms with Gasteiger partial charge >= 0.3 is 5.97 Å². The molecule has 0 spiro atoms. The first kappa shape index (κ1) is 10.2.